The molecule has 0 aliphatic rings. The zero-order valence-corrected chi connectivity index (χ0v) is 13.8. The Kier molecular flexibility index (Phi) is 6.97. The van der Waals surface area contributed by atoms with Crippen LogP contribution in [0.5, 0.6) is 0 Å². The lowest BCUT2D eigenvalue weighted by Crippen LogP contribution is -2.53. The number of aromatic nitrogens is 1. The van der Waals surface area contributed by atoms with E-state index in [4.69, 9.17) is 4.74 Å². The number of thiazole rings is 1. The van der Waals surface area contributed by atoms with Gasteiger partial charge in [-0.3, -0.25) is 0 Å². The van der Waals surface area contributed by atoms with E-state index in [2.05, 4.69) is 43.4 Å². The lowest BCUT2D eigenvalue weighted by Gasteiger charge is -2.39. The first-order valence-electron chi connectivity index (χ1n) is 7.31. The summed E-state index contributed by atoms with van der Waals surface area (Å²) in [5.74, 6) is 0. The summed E-state index contributed by atoms with van der Waals surface area (Å²) in [7, 11) is 1.83. The highest BCUT2D eigenvalue weighted by Crippen LogP contribution is 2.27. The van der Waals surface area contributed by atoms with Gasteiger partial charge in [-0.25, -0.2) is 4.98 Å². The molecule has 1 aromatic heterocycles. The standard InChI is InChI=1S/C15H28N2OS/c1-6-9-16-13(15(7-2,8-3)18-5)10-14-17-12(4)11-19-14/h11,13,16H,6-10H2,1-5H3. The van der Waals surface area contributed by atoms with Gasteiger partial charge in [0.2, 0.25) is 0 Å². The molecule has 1 unspecified atom stereocenters. The first-order valence-corrected chi connectivity index (χ1v) is 8.19. The van der Waals surface area contributed by atoms with Crippen LogP contribution >= 0.6 is 11.3 Å². The Balaban J connectivity index is 2.86. The van der Waals surface area contributed by atoms with Crippen LogP contribution in [-0.4, -0.2) is 30.3 Å². The van der Waals surface area contributed by atoms with Crippen LogP contribution in [0.15, 0.2) is 5.38 Å². The van der Waals surface area contributed by atoms with Gasteiger partial charge in [0.1, 0.15) is 0 Å². The highest BCUT2D eigenvalue weighted by Gasteiger charge is 2.35. The maximum atomic E-state index is 5.89. The van der Waals surface area contributed by atoms with Crippen molar-refractivity contribution in [2.45, 2.75) is 65.0 Å². The highest BCUT2D eigenvalue weighted by atomic mass is 32.1. The van der Waals surface area contributed by atoms with Gasteiger partial charge >= 0.3 is 0 Å². The fourth-order valence-electron chi connectivity index (χ4n) is 2.61. The molecule has 0 aliphatic carbocycles. The molecule has 1 heterocycles. The average Bonchev–Trinajstić information content (AvgIpc) is 2.83. The molecule has 0 radical (unpaired) electrons. The number of hydrogen-bond donors (Lipinski definition) is 1. The second-order valence-electron chi connectivity index (χ2n) is 5.07. The molecule has 0 bridgehead atoms. The van der Waals surface area contributed by atoms with Crippen LogP contribution in [0.4, 0.5) is 0 Å². The van der Waals surface area contributed by atoms with E-state index in [0.717, 1.165) is 37.9 Å². The summed E-state index contributed by atoms with van der Waals surface area (Å²) in [4.78, 5) is 4.60. The lowest BCUT2D eigenvalue weighted by molar-refractivity contribution is -0.0471. The summed E-state index contributed by atoms with van der Waals surface area (Å²) in [5, 5.41) is 6.99. The van der Waals surface area contributed by atoms with Crippen LogP contribution in [0.25, 0.3) is 0 Å². The molecule has 110 valence electrons. The van der Waals surface area contributed by atoms with Crippen LogP contribution in [0.1, 0.15) is 50.7 Å². The van der Waals surface area contributed by atoms with Gasteiger partial charge in [-0.05, 0) is 32.7 Å². The van der Waals surface area contributed by atoms with Crippen molar-refractivity contribution in [3.63, 3.8) is 0 Å². The lowest BCUT2D eigenvalue weighted by atomic mass is 9.86. The largest absolute Gasteiger partial charge is 0.377 e. The van der Waals surface area contributed by atoms with E-state index in [-0.39, 0.29) is 5.60 Å². The van der Waals surface area contributed by atoms with E-state index >= 15 is 0 Å². The van der Waals surface area contributed by atoms with Gasteiger partial charge < -0.3 is 10.1 Å². The summed E-state index contributed by atoms with van der Waals surface area (Å²) < 4.78 is 5.89. The molecule has 0 saturated carbocycles. The minimum absolute atomic E-state index is 0.0885. The van der Waals surface area contributed by atoms with E-state index in [1.807, 2.05) is 7.11 Å². The Bertz CT molecular complexity index is 353. The zero-order chi connectivity index (χ0) is 14.3. The first-order chi connectivity index (χ1) is 9.11. The van der Waals surface area contributed by atoms with Crippen molar-refractivity contribution >= 4 is 11.3 Å². The molecule has 0 amide bonds. The smallest absolute Gasteiger partial charge is 0.0944 e. The fourth-order valence-corrected chi connectivity index (χ4v) is 3.43. The summed E-state index contributed by atoms with van der Waals surface area (Å²) in [6.45, 7) is 9.70. The van der Waals surface area contributed by atoms with Crippen molar-refractivity contribution < 1.29 is 4.74 Å². The molecular formula is C15H28N2OS. The van der Waals surface area contributed by atoms with Crippen molar-refractivity contribution in [2.75, 3.05) is 13.7 Å². The highest BCUT2D eigenvalue weighted by molar-refractivity contribution is 7.09. The number of nitrogens with zero attached hydrogens (tertiary/aromatic N) is 1. The number of nitrogens with one attached hydrogen (secondary N) is 1. The first kappa shape index (κ1) is 16.6. The van der Waals surface area contributed by atoms with Crippen molar-refractivity contribution in [3.05, 3.63) is 16.1 Å². The Morgan fingerprint density at radius 2 is 2.05 bits per heavy atom. The van der Waals surface area contributed by atoms with Gasteiger partial charge in [0.25, 0.3) is 0 Å². The van der Waals surface area contributed by atoms with Gasteiger partial charge in [0.05, 0.1) is 10.6 Å². The molecular weight excluding hydrogens is 256 g/mol. The molecule has 0 spiro atoms. The predicted octanol–water partition coefficient (Wildman–Crippen LogP) is 3.57. The molecule has 1 rings (SSSR count). The van der Waals surface area contributed by atoms with Gasteiger partial charge in [-0.1, -0.05) is 20.8 Å². The Morgan fingerprint density at radius 1 is 1.37 bits per heavy atom. The third kappa shape index (κ3) is 4.26. The maximum Gasteiger partial charge on any atom is 0.0944 e. The number of rotatable bonds is 9. The predicted molar refractivity (Wildman–Crippen MR) is 83.0 cm³/mol. The third-order valence-electron chi connectivity index (χ3n) is 3.92. The van der Waals surface area contributed by atoms with E-state index in [9.17, 15) is 0 Å². The maximum absolute atomic E-state index is 5.89. The molecule has 1 aromatic rings. The summed E-state index contributed by atoms with van der Waals surface area (Å²) in [6.07, 6.45) is 4.13. The second kappa shape index (κ2) is 7.98. The fraction of sp³-hybridized carbons (Fsp3) is 0.800. The molecule has 1 atom stereocenters. The summed E-state index contributed by atoms with van der Waals surface area (Å²) in [5.41, 5.74) is 1.03. The van der Waals surface area contributed by atoms with Crippen LogP contribution in [0.3, 0.4) is 0 Å². The van der Waals surface area contributed by atoms with E-state index in [1.54, 1.807) is 11.3 Å². The van der Waals surface area contributed by atoms with E-state index in [1.165, 1.54) is 5.01 Å². The minimum atomic E-state index is -0.0885. The van der Waals surface area contributed by atoms with Gasteiger partial charge in [0.15, 0.2) is 0 Å². The number of hydrogen-bond acceptors (Lipinski definition) is 4. The molecule has 0 aliphatic heterocycles. The number of ether oxygens (including phenoxy) is 1. The minimum Gasteiger partial charge on any atom is -0.377 e. The summed E-state index contributed by atoms with van der Waals surface area (Å²) in [6, 6.07) is 0.331. The van der Waals surface area contributed by atoms with Gasteiger partial charge in [0, 0.05) is 30.6 Å². The Morgan fingerprint density at radius 3 is 2.47 bits per heavy atom. The monoisotopic (exact) mass is 284 g/mol. The Labute approximate surface area is 121 Å². The number of methoxy groups -OCH3 is 1. The quantitative estimate of drug-likeness (QED) is 0.753. The van der Waals surface area contributed by atoms with Crippen LogP contribution < -0.4 is 5.32 Å². The molecule has 4 heteroatoms. The van der Waals surface area contributed by atoms with Crippen LogP contribution in [0.2, 0.25) is 0 Å². The normalized spacial score (nSPS) is 13.7. The molecule has 3 nitrogen and oxygen atoms in total. The van der Waals surface area contributed by atoms with Crippen molar-refractivity contribution in [1.29, 1.82) is 0 Å². The molecule has 0 aromatic carbocycles. The SMILES string of the molecule is CCCNC(Cc1nc(C)cs1)C(CC)(CC)OC. The topological polar surface area (TPSA) is 34.2 Å². The zero-order valence-electron chi connectivity index (χ0n) is 13.0. The third-order valence-corrected chi connectivity index (χ3v) is 4.91. The van der Waals surface area contributed by atoms with Crippen molar-refractivity contribution in [1.82, 2.24) is 10.3 Å². The molecule has 19 heavy (non-hydrogen) atoms. The number of aryl methyl sites for hydroxylation is 1. The van der Waals surface area contributed by atoms with Crippen LogP contribution in [0, 0.1) is 6.92 Å². The average molecular weight is 284 g/mol. The van der Waals surface area contributed by atoms with E-state index < -0.39 is 0 Å². The van der Waals surface area contributed by atoms with Crippen molar-refractivity contribution in [2.24, 2.45) is 0 Å². The van der Waals surface area contributed by atoms with Gasteiger partial charge in [-0.15, -0.1) is 11.3 Å². The summed E-state index contributed by atoms with van der Waals surface area (Å²) >= 11 is 1.75. The van der Waals surface area contributed by atoms with Crippen LogP contribution in [-0.2, 0) is 11.2 Å². The van der Waals surface area contributed by atoms with E-state index in [0.29, 0.717) is 6.04 Å². The Hall–Kier alpha value is -0.450. The van der Waals surface area contributed by atoms with Crippen molar-refractivity contribution in [3.8, 4) is 0 Å². The second-order valence-corrected chi connectivity index (χ2v) is 6.01. The molecule has 0 fully saturated rings. The molecule has 0 saturated heterocycles. The molecule has 1 N–H and O–H groups in total. The van der Waals surface area contributed by atoms with Gasteiger partial charge in [-0.2, -0.15) is 0 Å².